The fraction of sp³-hybridized carbons (Fsp3) is 0. The average Bonchev–Trinajstić information content (AvgIpc) is 3.94. The monoisotopic (exact) mass is 641 g/mol. The van der Waals surface area contributed by atoms with Crippen molar-refractivity contribution in [1.29, 1.82) is 0 Å². The SMILES string of the molecule is c1cc(-c2ccnc(-c3ccc4oc5occc5c4c3)c2)cc(-n2c3ccccc3c3cc(-n4c5ccccc5c5ccccc54)ccc32)c1. The van der Waals surface area contributed by atoms with Crippen LogP contribution >= 0.6 is 0 Å². The van der Waals surface area contributed by atoms with Gasteiger partial charge in [0.2, 0.25) is 0 Å². The Morgan fingerprint density at radius 2 is 1.08 bits per heavy atom. The zero-order valence-electron chi connectivity index (χ0n) is 26.7. The molecule has 0 atom stereocenters. The molecule has 5 heteroatoms. The van der Waals surface area contributed by atoms with E-state index in [1.165, 1.54) is 43.6 Å². The van der Waals surface area contributed by atoms with Crippen molar-refractivity contribution in [3.8, 4) is 33.8 Å². The molecule has 0 aliphatic heterocycles. The van der Waals surface area contributed by atoms with Gasteiger partial charge < -0.3 is 18.0 Å². The Balaban J connectivity index is 1.05. The second kappa shape index (κ2) is 10.3. The first-order valence-corrected chi connectivity index (χ1v) is 16.8. The highest BCUT2D eigenvalue weighted by molar-refractivity contribution is 6.12. The van der Waals surface area contributed by atoms with Gasteiger partial charge in [-0.1, -0.05) is 66.7 Å². The van der Waals surface area contributed by atoms with Crippen molar-refractivity contribution in [1.82, 2.24) is 14.1 Å². The van der Waals surface area contributed by atoms with Crippen molar-refractivity contribution in [2.75, 3.05) is 0 Å². The van der Waals surface area contributed by atoms with Crippen LogP contribution in [-0.2, 0) is 0 Å². The molecule has 6 aromatic carbocycles. The number of furan rings is 2. The van der Waals surface area contributed by atoms with E-state index in [0.717, 1.165) is 50.1 Å². The van der Waals surface area contributed by atoms with Crippen LogP contribution in [0.2, 0.25) is 0 Å². The van der Waals surface area contributed by atoms with Crippen molar-refractivity contribution in [2.45, 2.75) is 0 Å². The second-order valence-electron chi connectivity index (χ2n) is 12.8. The number of nitrogens with zero attached hydrogens (tertiary/aromatic N) is 3. The Hall–Kier alpha value is -6.85. The Bertz CT molecular complexity index is 3060. The molecule has 5 aromatic heterocycles. The molecule has 5 nitrogen and oxygen atoms in total. The number of hydrogen-bond donors (Lipinski definition) is 0. The van der Waals surface area contributed by atoms with Gasteiger partial charge in [-0.15, -0.1) is 0 Å². The van der Waals surface area contributed by atoms with Crippen molar-refractivity contribution in [3.63, 3.8) is 0 Å². The van der Waals surface area contributed by atoms with Gasteiger partial charge in [0.15, 0.2) is 0 Å². The maximum Gasteiger partial charge on any atom is 0.298 e. The molecule has 5 heterocycles. The molecule has 0 aliphatic carbocycles. The fourth-order valence-electron chi connectivity index (χ4n) is 7.83. The van der Waals surface area contributed by atoms with Gasteiger partial charge in [-0.25, -0.2) is 0 Å². The molecule has 11 rings (SSSR count). The summed E-state index contributed by atoms with van der Waals surface area (Å²) >= 11 is 0. The van der Waals surface area contributed by atoms with Crippen molar-refractivity contribution in [2.24, 2.45) is 0 Å². The summed E-state index contributed by atoms with van der Waals surface area (Å²) in [4.78, 5) is 4.75. The molecule has 0 amide bonds. The number of hydrogen-bond acceptors (Lipinski definition) is 3. The van der Waals surface area contributed by atoms with Crippen LogP contribution in [0.25, 0.3) is 99.5 Å². The summed E-state index contributed by atoms with van der Waals surface area (Å²) in [6.07, 6.45) is 3.55. The third-order valence-electron chi connectivity index (χ3n) is 10.1. The Labute approximate surface area is 285 Å². The van der Waals surface area contributed by atoms with Crippen LogP contribution in [0.5, 0.6) is 0 Å². The molecule has 0 radical (unpaired) electrons. The van der Waals surface area contributed by atoms with E-state index in [9.17, 15) is 0 Å². The van der Waals surface area contributed by atoms with Crippen molar-refractivity contribution < 1.29 is 8.83 Å². The van der Waals surface area contributed by atoms with Crippen LogP contribution in [0.1, 0.15) is 0 Å². The Kier molecular flexibility index (Phi) is 5.60. The predicted molar refractivity (Wildman–Crippen MR) is 203 cm³/mol. The maximum atomic E-state index is 5.85. The van der Waals surface area contributed by atoms with Gasteiger partial charge in [-0.2, -0.15) is 0 Å². The summed E-state index contributed by atoms with van der Waals surface area (Å²) in [5, 5.41) is 6.96. The smallest absolute Gasteiger partial charge is 0.298 e. The summed E-state index contributed by atoms with van der Waals surface area (Å²) in [5.41, 5.74) is 12.0. The minimum absolute atomic E-state index is 0.545. The molecule has 11 aromatic rings. The van der Waals surface area contributed by atoms with E-state index < -0.39 is 0 Å². The summed E-state index contributed by atoms with van der Waals surface area (Å²) in [6, 6.07) is 54.1. The lowest BCUT2D eigenvalue weighted by molar-refractivity contribution is 0.499. The number of para-hydroxylation sites is 3. The van der Waals surface area contributed by atoms with Gasteiger partial charge in [-0.3, -0.25) is 4.98 Å². The van der Waals surface area contributed by atoms with Gasteiger partial charge >= 0.3 is 0 Å². The van der Waals surface area contributed by atoms with Crippen LogP contribution in [0.4, 0.5) is 0 Å². The molecule has 50 heavy (non-hydrogen) atoms. The summed E-state index contributed by atoms with van der Waals surface area (Å²) in [7, 11) is 0. The number of fused-ring (bicyclic) bond motifs is 9. The normalized spacial score (nSPS) is 12.0. The quantitative estimate of drug-likeness (QED) is 0.192. The number of benzene rings is 6. The zero-order valence-corrected chi connectivity index (χ0v) is 26.7. The van der Waals surface area contributed by atoms with E-state index in [1.807, 2.05) is 18.3 Å². The standard InChI is InChI=1S/C45H27N3O2/c1-4-13-40-33(10-1)34-11-2-5-14-41(34)48(40)32-17-18-43-37(27-32)35-12-3-6-15-42(35)47(43)31-9-7-8-28(24-31)29-20-22-46-39(26-29)30-16-19-44-38(25-30)36-21-23-49-45(36)50-44/h1-27H. The van der Waals surface area contributed by atoms with Crippen molar-refractivity contribution in [3.05, 3.63) is 164 Å². The number of pyridine rings is 1. The van der Waals surface area contributed by atoms with E-state index in [1.54, 1.807) is 6.26 Å². The molecule has 0 saturated heterocycles. The molecular formula is C45H27N3O2. The molecule has 0 fully saturated rings. The number of aromatic nitrogens is 3. The first kappa shape index (κ1) is 27.1. The van der Waals surface area contributed by atoms with Gasteiger partial charge in [0.1, 0.15) is 5.58 Å². The maximum absolute atomic E-state index is 5.85. The third-order valence-corrected chi connectivity index (χ3v) is 10.1. The predicted octanol–water partition coefficient (Wildman–Crippen LogP) is 12.1. The van der Waals surface area contributed by atoms with Crippen LogP contribution in [-0.4, -0.2) is 14.1 Å². The lowest BCUT2D eigenvalue weighted by Crippen LogP contribution is -1.96. The van der Waals surface area contributed by atoms with E-state index in [2.05, 4.69) is 149 Å². The van der Waals surface area contributed by atoms with Gasteiger partial charge in [0.05, 0.1) is 39.4 Å². The van der Waals surface area contributed by atoms with Crippen LogP contribution < -0.4 is 0 Å². The molecule has 0 N–H and O–H groups in total. The third kappa shape index (κ3) is 3.92. The van der Waals surface area contributed by atoms with Crippen LogP contribution in [0.3, 0.4) is 0 Å². The summed E-state index contributed by atoms with van der Waals surface area (Å²) in [5.74, 6) is 0.545. The van der Waals surface area contributed by atoms with Gasteiger partial charge in [0.25, 0.3) is 5.78 Å². The minimum atomic E-state index is 0.545. The molecule has 234 valence electrons. The number of rotatable bonds is 4. The molecular weight excluding hydrogens is 615 g/mol. The van der Waals surface area contributed by atoms with Crippen molar-refractivity contribution >= 4 is 65.7 Å². The minimum Gasteiger partial charge on any atom is -0.433 e. The highest BCUT2D eigenvalue weighted by Crippen LogP contribution is 2.38. The molecule has 0 saturated carbocycles. The summed E-state index contributed by atoms with van der Waals surface area (Å²) in [6.45, 7) is 0. The average molecular weight is 642 g/mol. The lowest BCUT2D eigenvalue weighted by atomic mass is 10.0. The molecule has 0 unspecified atom stereocenters. The van der Waals surface area contributed by atoms with E-state index >= 15 is 0 Å². The largest absolute Gasteiger partial charge is 0.433 e. The first-order chi connectivity index (χ1) is 24.8. The molecule has 0 spiro atoms. The van der Waals surface area contributed by atoms with Crippen LogP contribution in [0, 0.1) is 0 Å². The second-order valence-corrected chi connectivity index (χ2v) is 12.8. The topological polar surface area (TPSA) is 49.0 Å². The first-order valence-electron chi connectivity index (χ1n) is 16.8. The molecule has 0 aliphatic rings. The highest BCUT2D eigenvalue weighted by atomic mass is 16.5. The highest BCUT2D eigenvalue weighted by Gasteiger charge is 2.17. The lowest BCUT2D eigenvalue weighted by Gasteiger charge is -2.12. The van der Waals surface area contributed by atoms with Gasteiger partial charge in [0, 0.05) is 50.1 Å². The Morgan fingerprint density at radius 3 is 1.84 bits per heavy atom. The molecule has 0 bridgehead atoms. The van der Waals surface area contributed by atoms with E-state index in [0.29, 0.717) is 5.78 Å². The zero-order chi connectivity index (χ0) is 32.8. The van der Waals surface area contributed by atoms with E-state index in [4.69, 9.17) is 13.8 Å². The fourth-order valence-corrected chi connectivity index (χ4v) is 7.83. The van der Waals surface area contributed by atoms with Gasteiger partial charge in [-0.05, 0) is 96.1 Å². The summed E-state index contributed by atoms with van der Waals surface area (Å²) < 4.78 is 16.1. The Morgan fingerprint density at radius 1 is 0.420 bits per heavy atom. The van der Waals surface area contributed by atoms with Crippen LogP contribution in [0.15, 0.2) is 173 Å². The van der Waals surface area contributed by atoms with E-state index in [-0.39, 0.29) is 0 Å².